The molecule has 0 aromatic carbocycles. The third kappa shape index (κ3) is 4.89. The van der Waals surface area contributed by atoms with Crippen LogP contribution in [0.15, 0.2) is 12.4 Å². The van der Waals surface area contributed by atoms with Crippen molar-refractivity contribution in [1.82, 2.24) is 14.9 Å². The molecule has 0 saturated carbocycles. The van der Waals surface area contributed by atoms with Gasteiger partial charge in [-0.25, -0.2) is 14.8 Å². The van der Waals surface area contributed by atoms with Crippen molar-refractivity contribution in [3.8, 4) is 0 Å². The van der Waals surface area contributed by atoms with Crippen molar-refractivity contribution in [3.63, 3.8) is 0 Å². The SMILES string of the molecule is CN(C(=O)OC(C)(C)C)[C@H]1CCCN(c2ncc(B3OC(C)(C)C(C)(C)O3)cn2)C1. The number of hydrogen-bond acceptors (Lipinski definition) is 7. The molecule has 2 aliphatic rings. The molecule has 1 aromatic rings. The van der Waals surface area contributed by atoms with Crippen LogP contribution in [0.25, 0.3) is 0 Å². The molecule has 1 atom stereocenters. The van der Waals surface area contributed by atoms with Crippen LogP contribution < -0.4 is 10.4 Å². The van der Waals surface area contributed by atoms with E-state index < -0.39 is 23.9 Å². The van der Waals surface area contributed by atoms with Crippen molar-refractivity contribution >= 4 is 24.6 Å². The van der Waals surface area contributed by atoms with Gasteiger partial charge in [-0.3, -0.25) is 0 Å². The Kier molecular flexibility index (Phi) is 6.08. The van der Waals surface area contributed by atoms with Crippen LogP contribution in [0.2, 0.25) is 0 Å². The Hall–Kier alpha value is -1.87. The molecule has 1 aromatic heterocycles. The second-order valence-electron chi connectivity index (χ2n) is 10.2. The standard InChI is InChI=1S/C21H35BN4O4/c1-19(2,3)28-18(27)25(8)16-10-9-11-26(14-16)17-23-12-15(13-24-17)22-29-20(4,5)21(6,7)30-22/h12-13,16H,9-11,14H2,1-8H3/t16-/m0/s1. The summed E-state index contributed by atoms with van der Waals surface area (Å²) >= 11 is 0. The normalized spacial score (nSPS) is 23.4. The fourth-order valence-electron chi connectivity index (χ4n) is 3.53. The van der Waals surface area contributed by atoms with Gasteiger partial charge in [0.2, 0.25) is 5.95 Å². The van der Waals surface area contributed by atoms with E-state index >= 15 is 0 Å². The van der Waals surface area contributed by atoms with Crippen molar-refractivity contribution < 1.29 is 18.8 Å². The third-order valence-electron chi connectivity index (χ3n) is 6.09. The summed E-state index contributed by atoms with van der Waals surface area (Å²) in [6.45, 7) is 15.3. The molecule has 0 N–H and O–H groups in total. The summed E-state index contributed by atoms with van der Waals surface area (Å²) in [7, 11) is 1.32. The fourth-order valence-corrected chi connectivity index (χ4v) is 3.53. The lowest BCUT2D eigenvalue weighted by Gasteiger charge is -2.38. The van der Waals surface area contributed by atoms with E-state index in [1.807, 2.05) is 48.5 Å². The van der Waals surface area contributed by atoms with Gasteiger partial charge in [-0.15, -0.1) is 0 Å². The summed E-state index contributed by atoms with van der Waals surface area (Å²) in [5.41, 5.74) is -0.505. The summed E-state index contributed by atoms with van der Waals surface area (Å²) in [5, 5.41) is 0. The van der Waals surface area contributed by atoms with Crippen LogP contribution in [0.3, 0.4) is 0 Å². The third-order valence-corrected chi connectivity index (χ3v) is 6.09. The van der Waals surface area contributed by atoms with Crippen LogP contribution in [0.4, 0.5) is 10.7 Å². The maximum absolute atomic E-state index is 12.4. The molecule has 2 fully saturated rings. The molecule has 0 bridgehead atoms. The molecule has 3 heterocycles. The summed E-state index contributed by atoms with van der Waals surface area (Å²) < 4.78 is 17.7. The van der Waals surface area contributed by atoms with Gasteiger partial charge in [-0.2, -0.15) is 0 Å². The maximum atomic E-state index is 12.4. The van der Waals surface area contributed by atoms with Gasteiger partial charge in [0.05, 0.1) is 17.2 Å². The zero-order valence-electron chi connectivity index (χ0n) is 19.6. The van der Waals surface area contributed by atoms with Crippen LogP contribution >= 0.6 is 0 Å². The molecular weight excluding hydrogens is 383 g/mol. The molecule has 2 saturated heterocycles. The molecule has 9 heteroatoms. The predicted molar refractivity (Wildman–Crippen MR) is 117 cm³/mol. The summed E-state index contributed by atoms with van der Waals surface area (Å²) in [4.78, 5) is 25.3. The van der Waals surface area contributed by atoms with Gasteiger partial charge in [-0.1, -0.05) is 0 Å². The van der Waals surface area contributed by atoms with E-state index in [1.165, 1.54) is 0 Å². The fraction of sp³-hybridized carbons (Fsp3) is 0.762. The first-order valence-electron chi connectivity index (χ1n) is 10.7. The maximum Gasteiger partial charge on any atom is 0.498 e. The number of carbonyl (C=O) groups is 1. The second kappa shape index (κ2) is 8.00. The number of piperidine rings is 1. The van der Waals surface area contributed by atoms with E-state index in [0.29, 0.717) is 12.5 Å². The van der Waals surface area contributed by atoms with Crippen molar-refractivity contribution in [1.29, 1.82) is 0 Å². The summed E-state index contributed by atoms with van der Waals surface area (Å²) in [6.07, 6.45) is 5.13. The Morgan fingerprint density at radius 2 is 1.77 bits per heavy atom. The molecule has 1 amide bonds. The highest BCUT2D eigenvalue weighted by Crippen LogP contribution is 2.36. The number of ether oxygens (including phenoxy) is 1. The first kappa shape index (κ1) is 22.8. The highest BCUT2D eigenvalue weighted by atomic mass is 16.7. The van der Waals surface area contributed by atoms with Gasteiger partial charge in [0.15, 0.2) is 0 Å². The van der Waals surface area contributed by atoms with Crippen LogP contribution in [0.5, 0.6) is 0 Å². The van der Waals surface area contributed by atoms with Gasteiger partial charge in [0.1, 0.15) is 5.60 Å². The summed E-state index contributed by atoms with van der Waals surface area (Å²) in [6, 6.07) is 0.0555. The van der Waals surface area contributed by atoms with Gasteiger partial charge in [-0.05, 0) is 61.3 Å². The lowest BCUT2D eigenvalue weighted by Crippen LogP contribution is -2.50. The van der Waals surface area contributed by atoms with E-state index in [0.717, 1.165) is 24.8 Å². The smallest absolute Gasteiger partial charge is 0.444 e. The minimum atomic E-state index is -0.508. The lowest BCUT2D eigenvalue weighted by atomic mass is 9.81. The van der Waals surface area contributed by atoms with Crippen molar-refractivity contribution in [2.45, 2.75) is 84.2 Å². The molecule has 2 aliphatic heterocycles. The highest BCUT2D eigenvalue weighted by Gasteiger charge is 2.52. The number of anilines is 1. The molecular formula is C21H35BN4O4. The summed E-state index contributed by atoms with van der Waals surface area (Å²) in [5.74, 6) is 0.651. The lowest BCUT2D eigenvalue weighted by molar-refractivity contribution is 0.00578. The minimum Gasteiger partial charge on any atom is -0.444 e. The topological polar surface area (TPSA) is 77.0 Å². The molecule has 30 heavy (non-hydrogen) atoms. The average Bonchev–Trinajstić information content (AvgIpc) is 2.87. The molecule has 0 aliphatic carbocycles. The zero-order chi connectivity index (χ0) is 22.3. The quantitative estimate of drug-likeness (QED) is 0.699. The van der Waals surface area contributed by atoms with Crippen molar-refractivity contribution in [2.75, 3.05) is 25.0 Å². The van der Waals surface area contributed by atoms with Crippen molar-refractivity contribution in [2.24, 2.45) is 0 Å². The van der Waals surface area contributed by atoms with Crippen molar-refractivity contribution in [3.05, 3.63) is 12.4 Å². The Bertz CT molecular complexity index is 747. The van der Waals surface area contributed by atoms with E-state index in [1.54, 1.807) is 24.3 Å². The van der Waals surface area contributed by atoms with E-state index in [4.69, 9.17) is 14.0 Å². The second-order valence-corrected chi connectivity index (χ2v) is 10.2. The number of rotatable bonds is 3. The number of amides is 1. The number of aromatic nitrogens is 2. The monoisotopic (exact) mass is 418 g/mol. The highest BCUT2D eigenvalue weighted by molar-refractivity contribution is 6.61. The van der Waals surface area contributed by atoms with E-state index in [2.05, 4.69) is 14.9 Å². The van der Waals surface area contributed by atoms with Gasteiger partial charge < -0.3 is 23.8 Å². The molecule has 0 spiro atoms. The molecule has 0 unspecified atom stereocenters. The number of hydrogen-bond donors (Lipinski definition) is 0. The molecule has 0 radical (unpaired) electrons. The molecule has 3 rings (SSSR count). The van der Waals surface area contributed by atoms with Gasteiger partial charge in [0.25, 0.3) is 0 Å². The van der Waals surface area contributed by atoms with Crippen LogP contribution in [-0.4, -0.2) is 71.1 Å². The Morgan fingerprint density at radius 1 is 1.20 bits per heavy atom. The number of nitrogens with zero attached hydrogens (tertiary/aromatic N) is 4. The van der Waals surface area contributed by atoms with Gasteiger partial charge in [0, 0.05) is 38.0 Å². The molecule has 166 valence electrons. The number of likely N-dealkylation sites (N-methyl/N-ethyl adjacent to an activating group) is 1. The molecule has 8 nitrogen and oxygen atoms in total. The Labute approximate surface area is 180 Å². The van der Waals surface area contributed by atoms with E-state index in [9.17, 15) is 4.79 Å². The number of carbonyl (C=O) groups excluding carboxylic acids is 1. The first-order chi connectivity index (χ1) is 13.8. The largest absolute Gasteiger partial charge is 0.498 e. The van der Waals surface area contributed by atoms with Crippen LogP contribution in [0.1, 0.15) is 61.3 Å². The van der Waals surface area contributed by atoms with Crippen LogP contribution in [0, 0.1) is 0 Å². The van der Waals surface area contributed by atoms with Gasteiger partial charge >= 0.3 is 13.2 Å². The Morgan fingerprint density at radius 3 is 2.30 bits per heavy atom. The van der Waals surface area contributed by atoms with E-state index in [-0.39, 0.29) is 12.1 Å². The van der Waals surface area contributed by atoms with Crippen LogP contribution in [-0.2, 0) is 14.0 Å². The zero-order valence-corrected chi connectivity index (χ0v) is 19.6. The minimum absolute atomic E-state index is 0.0555. The Balaban J connectivity index is 1.65. The average molecular weight is 418 g/mol. The first-order valence-corrected chi connectivity index (χ1v) is 10.7. The predicted octanol–water partition coefficient (Wildman–Crippen LogP) is 2.61.